The van der Waals surface area contributed by atoms with E-state index >= 15 is 0 Å². The van der Waals surface area contributed by atoms with Crippen LogP contribution in [0.1, 0.15) is 52.4 Å². The zero-order valence-electron chi connectivity index (χ0n) is 8.82. The van der Waals surface area contributed by atoms with Crippen molar-refractivity contribution in [2.45, 2.75) is 52.4 Å². The molecule has 0 aliphatic heterocycles. The Balaban J connectivity index is 2.49. The van der Waals surface area contributed by atoms with E-state index in [9.17, 15) is 0 Å². The van der Waals surface area contributed by atoms with E-state index in [-0.39, 0.29) is 0 Å². The molecule has 0 N–H and O–H groups in total. The molecule has 0 saturated carbocycles. The molecule has 13 heavy (non-hydrogen) atoms. The number of hydrogen-bond acceptors (Lipinski definition) is 0. The van der Waals surface area contributed by atoms with Gasteiger partial charge in [0.1, 0.15) is 0 Å². The van der Waals surface area contributed by atoms with Gasteiger partial charge in [-0.2, -0.15) is 0 Å². The van der Waals surface area contributed by atoms with E-state index in [1.807, 2.05) is 0 Å². The van der Waals surface area contributed by atoms with E-state index < -0.39 is 0 Å². The summed E-state index contributed by atoms with van der Waals surface area (Å²) in [6.07, 6.45) is 10.4. The van der Waals surface area contributed by atoms with E-state index in [1.54, 1.807) is 39.1 Å². The van der Waals surface area contributed by atoms with Crippen LogP contribution < -0.4 is 0 Å². The van der Waals surface area contributed by atoms with Gasteiger partial charge in [-0.05, 0) is 0 Å². The first-order valence-corrected chi connectivity index (χ1v) is 6.65. The molecule has 71 valence electrons. The minimum absolute atomic E-state index is 1.26. The van der Waals surface area contributed by atoms with Crippen LogP contribution in [0.5, 0.6) is 0 Å². The molecule has 0 spiro atoms. The van der Waals surface area contributed by atoms with Crippen LogP contribution in [0.25, 0.3) is 0 Å². The summed E-state index contributed by atoms with van der Waals surface area (Å²) in [6.45, 7) is 4.55. The van der Waals surface area contributed by atoms with Crippen molar-refractivity contribution >= 4 is 0 Å². The zero-order chi connectivity index (χ0) is 9.68. The Hall–Kier alpha value is 0.363. The predicted octanol–water partition coefficient (Wildman–Crippen LogP) is 4.11. The molecular weight excluding hydrogens is 235 g/mol. The van der Waals surface area contributed by atoms with Crippen LogP contribution in [-0.2, 0) is 24.7 Å². The molecule has 0 fully saturated rings. The van der Waals surface area contributed by atoms with Crippen LogP contribution in [0.15, 0.2) is 20.5 Å². The Morgan fingerprint density at radius 1 is 1.23 bits per heavy atom. The van der Waals surface area contributed by atoms with Crippen LogP contribution in [0, 0.1) is 0 Å². The second kappa shape index (κ2) is 5.96. The number of rotatable bonds is 5. The van der Waals surface area contributed by atoms with Crippen molar-refractivity contribution in [1.82, 2.24) is 0 Å². The Morgan fingerprint density at radius 3 is 2.62 bits per heavy atom. The Labute approximate surface area is 97.3 Å². The molecule has 0 atom stereocenters. The van der Waals surface area contributed by atoms with Gasteiger partial charge in [-0.3, -0.25) is 0 Å². The van der Waals surface area contributed by atoms with Gasteiger partial charge in [0.25, 0.3) is 0 Å². The third-order valence-corrected chi connectivity index (χ3v) is 4.28. The van der Waals surface area contributed by atoms with Gasteiger partial charge in [0.05, 0.1) is 0 Å². The average molecular weight is 255 g/mol. The van der Waals surface area contributed by atoms with Crippen LogP contribution in [-0.4, -0.2) is 0 Å². The average Bonchev–Trinajstić information content (AvgIpc) is 2.46. The van der Waals surface area contributed by atoms with Gasteiger partial charge in [-0.25, -0.2) is 0 Å². The summed E-state index contributed by atoms with van der Waals surface area (Å²) in [4.78, 5) is 0. The van der Waals surface area contributed by atoms with Crippen LogP contribution >= 0.6 is 0 Å². The summed E-state index contributed by atoms with van der Waals surface area (Å²) in [6, 6.07) is 0. The van der Waals surface area contributed by atoms with Crippen molar-refractivity contribution in [3.8, 4) is 0 Å². The van der Waals surface area contributed by atoms with Crippen molar-refractivity contribution in [2.75, 3.05) is 0 Å². The standard InChI is InChI=1S/C12H19.Zr/c1-3-5-7-12-9-8-11(10-12)6-4-2;/h9H,3-8H2,1-2H3;. The fraction of sp³-hybridized carbons (Fsp3) is 0.667. The van der Waals surface area contributed by atoms with Crippen molar-refractivity contribution < 1.29 is 24.7 Å². The SMILES string of the molecule is CCCCC1=CCC(CCC)=[C]1[Zr]. The molecule has 0 heterocycles. The van der Waals surface area contributed by atoms with Crippen LogP contribution in [0.4, 0.5) is 0 Å². The van der Waals surface area contributed by atoms with Gasteiger partial charge in [0, 0.05) is 0 Å². The van der Waals surface area contributed by atoms with Gasteiger partial charge in [0.15, 0.2) is 0 Å². The summed E-state index contributed by atoms with van der Waals surface area (Å²) in [5.74, 6) is 0. The molecule has 0 aromatic rings. The summed E-state index contributed by atoms with van der Waals surface area (Å²) in [5, 5.41) is 0. The van der Waals surface area contributed by atoms with Gasteiger partial charge in [-0.15, -0.1) is 0 Å². The summed E-state index contributed by atoms with van der Waals surface area (Å²) in [7, 11) is 0. The molecule has 1 aliphatic carbocycles. The van der Waals surface area contributed by atoms with E-state index in [4.69, 9.17) is 0 Å². The van der Waals surface area contributed by atoms with Crippen molar-refractivity contribution in [2.24, 2.45) is 0 Å². The van der Waals surface area contributed by atoms with Crippen molar-refractivity contribution in [1.29, 1.82) is 0 Å². The quantitative estimate of drug-likeness (QED) is 0.693. The fourth-order valence-corrected chi connectivity index (χ4v) is 2.92. The molecule has 1 rings (SSSR count). The molecule has 1 aliphatic rings. The second-order valence-corrected chi connectivity index (χ2v) is 4.99. The van der Waals surface area contributed by atoms with E-state index in [1.165, 1.54) is 38.5 Å². The minimum atomic E-state index is 1.26. The second-order valence-electron chi connectivity index (χ2n) is 3.77. The van der Waals surface area contributed by atoms with Crippen molar-refractivity contribution in [3.63, 3.8) is 0 Å². The zero-order valence-corrected chi connectivity index (χ0v) is 11.3. The van der Waals surface area contributed by atoms with Crippen LogP contribution in [0.2, 0.25) is 0 Å². The molecule has 0 unspecified atom stereocenters. The topological polar surface area (TPSA) is 0 Å². The van der Waals surface area contributed by atoms with Crippen molar-refractivity contribution in [3.05, 3.63) is 20.5 Å². The fourth-order valence-electron chi connectivity index (χ4n) is 1.80. The molecule has 1 heteroatoms. The maximum absolute atomic E-state index is 2.46. The first kappa shape index (κ1) is 11.4. The van der Waals surface area contributed by atoms with E-state index in [2.05, 4.69) is 19.9 Å². The number of hydrogen-bond donors (Lipinski definition) is 0. The van der Waals surface area contributed by atoms with Crippen LogP contribution in [0.3, 0.4) is 0 Å². The Kier molecular flexibility index (Phi) is 5.25. The molecule has 0 bridgehead atoms. The number of allylic oxidation sites excluding steroid dienone is 4. The molecule has 0 aromatic carbocycles. The molecule has 0 nitrogen and oxygen atoms in total. The monoisotopic (exact) mass is 253 g/mol. The van der Waals surface area contributed by atoms with Gasteiger partial charge in [-0.1, -0.05) is 0 Å². The summed E-state index contributed by atoms with van der Waals surface area (Å²) < 4.78 is 1.70. The summed E-state index contributed by atoms with van der Waals surface area (Å²) >= 11 is 1.63. The van der Waals surface area contributed by atoms with E-state index in [0.29, 0.717) is 0 Å². The number of unbranched alkanes of at least 4 members (excludes halogenated alkanes) is 1. The third-order valence-electron chi connectivity index (χ3n) is 2.62. The summed E-state index contributed by atoms with van der Waals surface area (Å²) in [5.41, 5.74) is 3.40. The van der Waals surface area contributed by atoms with E-state index in [0.717, 1.165) is 0 Å². The molecular formula is C12H19Zr. The normalized spacial score (nSPS) is 16.5. The Bertz CT molecular complexity index is 223. The van der Waals surface area contributed by atoms with Gasteiger partial charge >= 0.3 is 97.6 Å². The maximum atomic E-state index is 2.46. The van der Waals surface area contributed by atoms with Gasteiger partial charge in [0.2, 0.25) is 0 Å². The first-order valence-electron chi connectivity index (χ1n) is 5.42. The molecule has 0 radical (unpaired) electrons. The first-order chi connectivity index (χ1) is 6.29. The molecule has 0 saturated heterocycles. The third kappa shape index (κ3) is 3.20. The molecule has 0 amide bonds. The predicted molar refractivity (Wildman–Crippen MR) is 54.2 cm³/mol. The molecule has 0 aromatic heterocycles. The van der Waals surface area contributed by atoms with Gasteiger partial charge < -0.3 is 0 Å². The Morgan fingerprint density at radius 2 is 2.00 bits per heavy atom.